The Labute approximate surface area is 182 Å². The molecule has 0 bridgehead atoms. The number of methoxy groups -OCH3 is 1. The van der Waals surface area contributed by atoms with Gasteiger partial charge in [0, 0.05) is 6.54 Å². The molecule has 0 radical (unpaired) electrons. The van der Waals surface area contributed by atoms with E-state index in [9.17, 15) is 22.8 Å². The number of para-hydroxylation sites is 2. The van der Waals surface area contributed by atoms with E-state index in [1.165, 1.54) is 24.1 Å². The molecule has 1 atom stereocenters. The molecule has 0 saturated carbocycles. The van der Waals surface area contributed by atoms with Crippen molar-refractivity contribution in [2.45, 2.75) is 25.6 Å². The number of ether oxygens (including phenoxy) is 1. The molecule has 10 heteroatoms. The fourth-order valence-corrected chi connectivity index (χ4v) is 3.27. The van der Waals surface area contributed by atoms with Gasteiger partial charge in [0.25, 0.3) is 0 Å². The zero-order valence-electron chi connectivity index (χ0n) is 17.6. The molecule has 0 aliphatic heterocycles. The zero-order valence-corrected chi connectivity index (χ0v) is 17.6. The van der Waals surface area contributed by atoms with Crippen molar-refractivity contribution in [1.82, 2.24) is 14.9 Å². The monoisotopic (exact) mass is 448 g/mol. The minimum absolute atomic E-state index is 0.191. The van der Waals surface area contributed by atoms with Gasteiger partial charge in [0.2, 0.25) is 11.9 Å². The van der Waals surface area contributed by atoms with Gasteiger partial charge < -0.3 is 19.9 Å². The second kappa shape index (κ2) is 9.71. The van der Waals surface area contributed by atoms with E-state index < -0.39 is 29.7 Å². The van der Waals surface area contributed by atoms with E-state index >= 15 is 0 Å². The lowest BCUT2D eigenvalue weighted by atomic mass is 10.0. The molecule has 32 heavy (non-hydrogen) atoms. The number of aromatic nitrogens is 2. The molecule has 1 amide bonds. The highest BCUT2D eigenvalue weighted by molar-refractivity contribution is 5.83. The number of aromatic amines is 1. The number of anilines is 1. The van der Waals surface area contributed by atoms with Crippen molar-refractivity contribution in [2.75, 3.05) is 25.5 Å². The van der Waals surface area contributed by atoms with E-state index in [-0.39, 0.29) is 25.1 Å². The number of amides is 1. The molecule has 1 unspecified atom stereocenters. The van der Waals surface area contributed by atoms with Crippen LogP contribution in [0.2, 0.25) is 0 Å². The molecule has 0 saturated heterocycles. The smallest absolute Gasteiger partial charge is 0.416 e. The average molecular weight is 448 g/mol. The largest absolute Gasteiger partial charge is 0.468 e. The van der Waals surface area contributed by atoms with E-state index in [4.69, 9.17) is 0 Å². The number of halogens is 3. The second-order valence-electron chi connectivity index (χ2n) is 7.11. The number of nitrogens with one attached hydrogen (secondary N) is 2. The van der Waals surface area contributed by atoms with Gasteiger partial charge in [0.05, 0.1) is 36.2 Å². The SMILES string of the molecule is CCN(CC(=O)OC)C(=O)CC(Nc1nc2ccccc2[nH]1)c1cccc(C(F)(F)F)c1. The van der Waals surface area contributed by atoms with Gasteiger partial charge in [0.15, 0.2) is 0 Å². The molecular weight excluding hydrogens is 425 g/mol. The van der Waals surface area contributed by atoms with Crippen molar-refractivity contribution in [3.05, 3.63) is 59.7 Å². The molecule has 2 aromatic carbocycles. The number of benzene rings is 2. The van der Waals surface area contributed by atoms with Crippen molar-refractivity contribution in [3.63, 3.8) is 0 Å². The first kappa shape index (κ1) is 23.1. The third-order valence-corrected chi connectivity index (χ3v) is 4.98. The standard InChI is InChI=1S/C22H23F3N4O3/c1-3-29(13-20(31)32-2)19(30)12-18(14-7-6-8-15(11-14)22(23,24)25)28-21-26-16-9-4-5-10-17(16)27-21/h4-11,18H,3,12-13H2,1-2H3,(H2,26,27,28). The number of hydrogen-bond donors (Lipinski definition) is 2. The van der Waals surface area contributed by atoms with Crippen molar-refractivity contribution >= 4 is 28.9 Å². The summed E-state index contributed by atoms with van der Waals surface area (Å²) in [4.78, 5) is 33.2. The maximum Gasteiger partial charge on any atom is 0.416 e. The lowest BCUT2D eigenvalue weighted by Crippen LogP contribution is -2.37. The molecule has 7 nitrogen and oxygen atoms in total. The van der Waals surface area contributed by atoms with Crippen LogP contribution in [0.3, 0.4) is 0 Å². The highest BCUT2D eigenvalue weighted by Crippen LogP contribution is 2.32. The van der Waals surface area contributed by atoms with Crippen LogP contribution < -0.4 is 5.32 Å². The molecule has 1 heterocycles. The molecule has 0 fully saturated rings. The van der Waals surface area contributed by atoms with Crippen LogP contribution in [-0.2, 0) is 20.5 Å². The number of imidazole rings is 1. The Bertz CT molecular complexity index is 1060. The van der Waals surface area contributed by atoms with Crippen molar-refractivity contribution in [1.29, 1.82) is 0 Å². The molecule has 3 rings (SSSR count). The van der Waals surface area contributed by atoms with Gasteiger partial charge >= 0.3 is 12.1 Å². The summed E-state index contributed by atoms with van der Waals surface area (Å²) in [5.74, 6) is -0.678. The number of likely N-dealkylation sites (N-methyl/N-ethyl adjacent to an activating group) is 1. The number of carbonyl (C=O) groups is 2. The van der Waals surface area contributed by atoms with E-state index in [1.54, 1.807) is 13.0 Å². The van der Waals surface area contributed by atoms with E-state index in [2.05, 4.69) is 20.0 Å². The minimum Gasteiger partial charge on any atom is -0.468 e. The third kappa shape index (κ3) is 5.57. The number of fused-ring (bicyclic) bond motifs is 1. The second-order valence-corrected chi connectivity index (χ2v) is 7.11. The van der Waals surface area contributed by atoms with Crippen LogP contribution in [0.15, 0.2) is 48.5 Å². The predicted molar refractivity (Wildman–Crippen MR) is 113 cm³/mol. The first-order valence-electron chi connectivity index (χ1n) is 9.94. The highest BCUT2D eigenvalue weighted by Gasteiger charge is 2.31. The average Bonchev–Trinajstić information content (AvgIpc) is 3.18. The summed E-state index contributed by atoms with van der Waals surface area (Å²) < 4.78 is 44.4. The van der Waals surface area contributed by atoms with Gasteiger partial charge in [-0.1, -0.05) is 24.3 Å². The Morgan fingerprint density at radius 2 is 1.94 bits per heavy atom. The van der Waals surface area contributed by atoms with Crippen molar-refractivity contribution < 1.29 is 27.5 Å². The number of nitrogens with zero attached hydrogens (tertiary/aromatic N) is 2. The van der Waals surface area contributed by atoms with Crippen molar-refractivity contribution in [2.24, 2.45) is 0 Å². The number of rotatable bonds is 8. The van der Waals surface area contributed by atoms with Crippen molar-refractivity contribution in [3.8, 4) is 0 Å². The first-order valence-corrected chi connectivity index (χ1v) is 9.94. The van der Waals surface area contributed by atoms with Gasteiger partial charge in [0.1, 0.15) is 6.54 Å². The first-order chi connectivity index (χ1) is 15.2. The zero-order chi connectivity index (χ0) is 23.3. The molecule has 3 aromatic rings. The normalized spacial score (nSPS) is 12.4. The Morgan fingerprint density at radius 3 is 2.59 bits per heavy atom. The number of esters is 1. The molecule has 1 aromatic heterocycles. The number of H-pyrrole nitrogens is 1. The Balaban J connectivity index is 1.91. The summed E-state index contributed by atoms with van der Waals surface area (Å²) >= 11 is 0. The van der Waals surface area contributed by atoms with Crippen LogP contribution in [0.4, 0.5) is 19.1 Å². The summed E-state index contributed by atoms with van der Waals surface area (Å²) in [5, 5.41) is 3.04. The van der Waals surface area contributed by atoms with E-state index in [1.807, 2.05) is 18.2 Å². The highest BCUT2D eigenvalue weighted by atomic mass is 19.4. The van der Waals surface area contributed by atoms with Crippen LogP contribution in [0, 0.1) is 0 Å². The fourth-order valence-electron chi connectivity index (χ4n) is 3.27. The van der Waals surface area contributed by atoms with Crippen LogP contribution in [0.1, 0.15) is 30.5 Å². The summed E-state index contributed by atoms with van der Waals surface area (Å²) in [6.07, 6.45) is -4.71. The molecule has 0 aliphatic rings. The minimum atomic E-state index is -4.52. The lowest BCUT2D eigenvalue weighted by molar-refractivity contribution is -0.147. The molecule has 0 aliphatic carbocycles. The Hall–Kier alpha value is -3.56. The Morgan fingerprint density at radius 1 is 1.19 bits per heavy atom. The van der Waals surface area contributed by atoms with Gasteiger partial charge in [-0.3, -0.25) is 9.59 Å². The van der Waals surface area contributed by atoms with Gasteiger partial charge in [-0.05, 0) is 36.8 Å². The van der Waals surface area contributed by atoms with Gasteiger partial charge in [-0.2, -0.15) is 13.2 Å². The quantitative estimate of drug-likeness (QED) is 0.506. The topological polar surface area (TPSA) is 87.3 Å². The molecule has 170 valence electrons. The third-order valence-electron chi connectivity index (χ3n) is 4.98. The van der Waals surface area contributed by atoms with Crippen LogP contribution in [0.25, 0.3) is 11.0 Å². The molecule has 0 spiro atoms. The van der Waals surface area contributed by atoms with E-state index in [0.29, 0.717) is 11.5 Å². The predicted octanol–water partition coefficient (Wildman–Crippen LogP) is 4.15. The maximum atomic E-state index is 13.3. The summed E-state index contributed by atoms with van der Waals surface area (Å²) in [7, 11) is 1.22. The van der Waals surface area contributed by atoms with Crippen LogP contribution in [-0.4, -0.2) is 46.9 Å². The number of hydrogen-bond acceptors (Lipinski definition) is 5. The lowest BCUT2D eigenvalue weighted by Gasteiger charge is -2.24. The Kier molecular flexibility index (Phi) is 7.01. The number of alkyl halides is 3. The summed E-state index contributed by atoms with van der Waals surface area (Å²) in [6.45, 7) is 1.70. The number of carbonyl (C=O) groups excluding carboxylic acids is 2. The van der Waals surface area contributed by atoms with Crippen LogP contribution in [0.5, 0.6) is 0 Å². The van der Waals surface area contributed by atoms with Gasteiger partial charge in [-0.25, -0.2) is 4.98 Å². The fraction of sp³-hybridized carbons (Fsp3) is 0.318. The molecular formula is C22H23F3N4O3. The summed E-state index contributed by atoms with van der Waals surface area (Å²) in [5.41, 5.74) is 0.860. The maximum absolute atomic E-state index is 13.3. The van der Waals surface area contributed by atoms with Crippen LogP contribution >= 0.6 is 0 Å². The summed E-state index contributed by atoms with van der Waals surface area (Å²) in [6, 6.07) is 11.2. The van der Waals surface area contributed by atoms with E-state index in [0.717, 1.165) is 17.6 Å². The van der Waals surface area contributed by atoms with Gasteiger partial charge in [-0.15, -0.1) is 0 Å². The molecule has 2 N–H and O–H groups in total.